The van der Waals surface area contributed by atoms with E-state index in [2.05, 4.69) is 4.74 Å². The van der Waals surface area contributed by atoms with Gasteiger partial charge in [0.1, 0.15) is 10.7 Å². The van der Waals surface area contributed by atoms with Crippen molar-refractivity contribution >= 4 is 37.3 Å². The average molecular weight is 287 g/mol. The Morgan fingerprint density at radius 2 is 2.00 bits per heavy atom. The van der Waals surface area contributed by atoms with Gasteiger partial charge in [-0.05, 0) is 12.1 Å². The molecule has 0 amide bonds. The number of halogens is 3. The lowest BCUT2D eigenvalue weighted by atomic mass is 10.2. The van der Waals surface area contributed by atoms with Crippen LogP contribution in [0.3, 0.4) is 0 Å². The molecule has 8 heteroatoms. The maximum Gasteiger partial charge on any atom is 0.339 e. The fraction of sp³-hybridized carbons (Fsp3) is 0.125. The third-order valence-corrected chi connectivity index (χ3v) is 3.56. The molecule has 0 aliphatic heterocycles. The van der Waals surface area contributed by atoms with Gasteiger partial charge in [0, 0.05) is 10.7 Å². The summed E-state index contributed by atoms with van der Waals surface area (Å²) < 4.78 is 39.7. The molecule has 0 saturated carbocycles. The zero-order chi connectivity index (χ0) is 12.5. The zero-order valence-electron chi connectivity index (χ0n) is 7.83. The van der Waals surface area contributed by atoms with Gasteiger partial charge in [0.05, 0.1) is 17.7 Å². The topological polar surface area (TPSA) is 60.4 Å². The van der Waals surface area contributed by atoms with Crippen LogP contribution in [0.5, 0.6) is 0 Å². The minimum atomic E-state index is -4.34. The van der Waals surface area contributed by atoms with Gasteiger partial charge in [-0.15, -0.1) is 0 Å². The van der Waals surface area contributed by atoms with E-state index < -0.39 is 36.3 Å². The smallest absolute Gasteiger partial charge is 0.339 e. The van der Waals surface area contributed by atoms with Crippen LogP contribution in [0.1, 0.15) is 10.4 Å². The summed E-state index contributed by atoms with van der Waals surface area (Å²) in [5.41, 5.74) is -0.413. The summed E-state index contributed by atoms with van der Waals surface area (Å²) in [5.74, 6) is -1.96. The van der Waals surface area contributed by atoms with Crippen molar-refractivity contribution < 1.29 is 22.3 Å². The lowest BCUT2D eigenvalue weighted by Gasteiger charge is -2.07. The first kappa shape index (κ1) is 13.2. The summed E-state index contributed by atoms with van der Waals surface area (Å²) in [6, 6.07) is 1.78. The minimum absolute atomic E-state index is 0.413. The van der Waals surface area contributed by atoms with Gasteiger partial charge >= 0.3 is 5.97 Å². The van der Waals surface area contributed by atoms with Gasteiger partial charge in [0.25, 0.3) is 9.05 Å². The number of methoxy groups -OCH3 is 1. The van der Waals surface area contributed by atoms with Crippen LogP contribution in [0.15, 0.2) is 17.0 Å². The molecule has 1 aromatic rings. The molecule has 0 N–H and O–H groups in total. The fourth-order valence-electron chi connectivity index (χ4n) is 1.04. The number of benzene rings is 1. The summed E-state index contributed by atoms with van der Waals surface area (Å²) in [7, 11) is 1.76. The Hall–Kier alpha value is -0.850. The van der Waals surface area contributed by atoms with E-state index in [0.29, 0.717) is 0 Å². The normalized spacial score (nSPS) is 11.2. The van der Waals surface area contributed by atoms with Gasteiger partial charge in [-0.25, -0.2) is 17.6 Å². The van der Waals surface area contributed by atoms with Gasteiger partial charge in [-0.3, -0.25) is 0 Å². The summed E-state index contributed by atoms with van der Waals surface area (Å²) in [6.45, 7) is 0. The molecule has 0 unspecified atom stereocenters. The first-order valence-electron chi connectivity index (χ1n) is 3.80. The van der Waals surface area contributed by atoms with E-state index in [0.717, 1.165) is 19.2 Å². The third kappa shape index (κ3) is 2.45. The highest BCUT2D eigenvalue weighted by Gasteiger charge is 2.26. The van der Waals surface area contributed by atoms with E-state index in [1.807, 2.05) is 0 Å². The van der Waals surface area contributed by atoms with Gasteiger partial charge in [0.2, 0.25) is 0 Å². The van der Waals surface area contributed by atoms with Crippen LogP contribution in [0.25, 0.3) is 0 Å². The second-order valence-electron chi connectivity index (χ2n) is 2.67. The summed E-state index contributed by atoms with van der Waals surface area (Å²) in [6.07, 6.45) is 0. The van der Waals surface area contributed by atoms with E-state index in [4.69, 9.17) is 22.3 Å². The van der Waals surface area contributed by atoms with Crippen LogP contribution in [-0.2, 0) is 13.8 Å². The molecule has 0 radical (unpaired) electrons. The fourth-order valence-corrected chi connectivity index (χ4v) is 2.84. The molecule has 0 saturated heterocycles. The average Bonchev–Trinajstić information content (AvgIpc) is 2.18. The molecule has 4 nitrogen and oxygen atoms in total. The second kappa shape index (κ2) is 4.57. The van der Waals surface area contributed by atoms with E-state index >= 15 is 0 Å². The highest BCUT2D eigenvalue weighted by Crippen LogP contribution is 2.31. The van der Waals surface area contributed by atoms with Crippen LogP contribution >= 0.6 is 22.3 Å². The molecule has 0 aromatic heterocycles. The largest absolute Gasteiger partial charge is 0.465 e. The SMILES string of the molecule is COC(=O)c1ccc(F)c(Cl)c1S(=O)(=O)Cl. The lowest BCUT2D eigenvalue weighted by molar-refractivity contribution is 0.0596. The van der Waals surface area contributed by atoms with Crippen molar-refractivity contribution in [3.8, 4) is 0 Å². The Morgan fingerprint density at radius 3 is 2.44 bits per heavy atom. The molecule has 88 valence electrons. The zero-order valence-corrected chi connectivity index (χ0v) is 10.2. The first-order valence-corrected chi connectivity index (χ1v) is 6.48. The summed E-state index contributed by atoms with van der Waals surface area (Å²) in [5, 5.41) is -0.738. The second-order valence-corrected chi connectivity index (χ2v) is 5.55. The molecule has 0 heterocycles. The lowest BCUT2D eigenvalue weighted by Crippen LogP contribution is -2.09. The molecule has 0 atom stereocenters. The van der Waals surface area contributed by atoms with E-state index in [1.54, 1.807) is 0 Å². The molecule has 0 spiro atoms. The summed E-state index contributed by atoms with van der Waals surface area (Å²) >= 11 is 5.44. The Labute approximate surface area is 100 Å². The highest BCUT2D eigenvalue weighted by molar-refractivity contribution is 8.13. The number of ether oxygens (including phenoxy) is 1. The van der Waals surface area contributed by atoms with Crippen LogP contribution in [0.4, 0.5) is 4.39 Å². The van der Waals surface area contributed by atoms with Crippen molar-refractivity contribution in [2.45, 2.75) is 4.90 Å². The highest BCUT2D eigenvalue weighted by atomic mass is 35.7. The number of hydrogen-bond donors (Lipinski definition) is 0. The molecule has 0 fully saturated rings. The van der Waals surface area contributed by atoms with Gasteiger partial charge in [-0.2, -0.15) is 0 Å². The van der Waals surface area contributed by atoms with Crippen molar-refractivity contribution in [3.63, 3.8) is 0 Å². The van der Waals surface area contributed by atoms with Crippen LogP contribution in [0, 0.1) is 5.82 Å². The Balaban J connectivity index is 3.65. The molecular weight excluding hydrogens is 282 g/mol. The van der Waals surface area contributed by atoms with Gasteiger partial charge < -0.3 is 4.74 Å². The minimum Gasteiger partial charge on any atom is -0.465 e. The Kier molecular flexibility index (Phi) is 3.77. The van der Waals surface area contributed by atoms with Crippen molar-refractivity contribution in [1.29, 1.82) is 0 Å². The molecule has 1 rings (SSSR count). The molecule has 0 aliphatic carbocycles. The number of hydrogen-bond acceptors (Lipinski definition) is 4. The maximum atomic E-state index is 13.0. The van der Waals surface area contributed by atoms with E-state index in [-0.39, 0.29) is 0 Å². The van der Waals surface area contributed by atoms with E-state index in [9.17, 15) is 17.6 Å². The van der Waals surface area contributed by atoms with Crippen molar-refractivity contribution in [2.75, 3.05) is 7.11 Å². The molecule has 1 aromatic carbocycles. The standard InChI is InChI=1S/C8H5Cl2FO4S/c1-15-8(12)4-2-3-5(11)6(9)7(4)16(10,13)14/h2-3H,1H3. The first-order chi connectivity index (χ1) is 7.29. The number of carbonyl (C=O) groups excluding carboxylic acids is 1. The predicted octanol–water partition coefficient (Wildman–Crippen LogP) is 2.19. The molecule has 0 bridgehead atoms. The van der Waals surface area contributed by atoms with Crippen molar-refractivity contribution in [1.82, 2.24) is 0 Å². The molecular formula is C8H5Cl2FO4S. The number of rotatable bonds is 2. The maximum absolute atomic E-state index is 13.0. The van der Waals surface area contributed by atoms with Crippen LogP contribution in [-0.4, -0.2) is 21.5 Å². The number of esters is 1. The molecule has 0 aliphatic rings. The summed E-state index contributed by atoms with van der Waals surface area (Å²) in [4.78, 5) is 10.4. The molecule has 16 heavy (non-hydrogen) atoms. The predicted molar refractivity (Wildman–Crippen MR) is 55.8 cm³/mol. The van der Waals surface area contributed by atoms with Crippen LogP contribution in [0.2, 0.25) is 5.02 Å². The Morgan fingerprint density at radius 1 is 1.44 bits per heavy atom. The van der Waals surface area contributed by atoms with Gasteiger partial charge in [-0.1, -0.05) is 11.6 Å². The van der Waals surface area contributed by atoms with E-state index in [1.165, 1.54) is 0 Å². The van der Waals surface area contributed by atoms with Crippen LogP contribution < -0.4 is 0 Å². The third-order valence-electron chi connectivity index (χ3n) is 1.70. The monoisotopic (exact) mass is 286 g/mol. The van der Waals surface area contributed by atoms with Crippen molar-refractivity contribution in [3.05, 3.63) is 28.5 Å². The van der Waals surface area contributed by atoms with Crippen molar-refractivity contribution in [2.24, 2.45) is 0 Å². The quantitative estimate of drug-likeness (QED) is 0.618. The number of carbonyl (C=O) groups is 1. The Bertz CT molecular complexity index is 541. The van der Waals surface area contributed by atoms with Gasteiger partial charge in [0.15, 0.2) is 0 Å².